The van der Waals surface area contributed by atoms with Crippen LogP contribution in [0.25, 0.3) is 0 Å². The number of hydrogen-bond acceptors (Lipinski definition) is 5. The Morgan fingerprint density at radius 1 is 1.14 bits per heavy atom. The van der Waals surface area contributed by atoms with Crippen LogP contribution in [0.5, 0.6) is 5.75 Å². The molecule has 6 atom stereocenters. The summed E-state index contributed by atoms with van der Waals surface area (Å²) in [4.78, 5) is 15.5. The number of amides is 1. The molecule has 2 aromatic carbocycles. The van der Waals surface area contributed by atoms with E-state index in [1.165, 1.54) is 6.07 Å². The van der Waals surface area contributed by atoms with E-state index in [1.807, 2.05) is 12.2 Å². The van der Waals surface area contributed by atoms with Crippen LogP contribution in [0.4, 0.5) is 14.5 Å². The van der Waals surface area contributed by atoms with Gasteiger partial charge in [-0.1, -0.05) is 29.8 Å². The van der Waals surface area contributed by atoms with Gasteiger partial charge in [-0.2, -0.15) is 0 Å². The van der Waals surface area contributed by atoms with E-state index in [2.05, 4.69) is 15.5 Å². The largest absolute Gasteiger partial charge is 0.490 e. The number of alkyl halides is 2. The Morgan fingerprint density at radius 3 is 2.71 bits per heavy atom. The minimum Gasteiger partial charge on any atom is -0.490 e. The van der Waals surface area contributed by atoms with Crippen molar-refractivity contribution in [2.24, 2.45) is 11.8 Å². The zero-order valence-corrected chi connectivity index (χ0v) is 25.2. The molecule has 2 aliphatic carbocycles. The Morgan fingerprint density at radius 2 is 1.95 bits per heavy atom. The van der Waals surface area contributed by atoms with Gasteiger partial charge in [0.25, 0.3) is 11.8 Å². The van der Waals surface area contributed by atoms with Crippen molar-refractivity contribution in [3.63, 3.8) is 0 Å². The number of aliphatic hydroxyl groups is 1. The Hall–Kier alpha value is -2.62. The SMILES string of the molecule is C=S1(=O)NC(=O)c2ccc3c(c2)N(C[C@@H]2CC[C@H]2[C@@H](O)/C=C/CC[C@H]1C)C[C@@]1(CCC(F)(F)c2cc(Cl)ccc21)CO3. The highest BCUT2D eigenvalue weighted by Crippen LogP contribution is 2.52. The van der Waals surface area contributed by atoms with Crippen molar-refractivity contribution in [2.75, 3.05) is 24.6 Å². The van der Waals surface area contributed by atoms with E-state index in [0.29, 0.717) is 48.5 Å². The molecule has 1 fully saturated rings. The van der Waals surface area contributed by atoms with E-state index in [1.54, 1.807) is 37.3 Å². The first-order valence-corrected chi connectivity index (χ1v) is 16.8. The third kappa shape index (κ3) is 5.33. The maximum Gasteiger partial charge on any atom is 0.273 e. The molecule has 6 rings (SSSR count). The number of carbonyl (C=O) groups is 1. The summed E-state index contributed by atoms with van der Waals surface area (Å²) >= 11 is 6.18. The molecule has 2 bridgehead atoms. The van der Waals surface area contributed by atoms with Gasteiger partial charge < -0.3 is 14.7 Å². The Balaban J connectivity index is 1.44. The molecule has 226 valence electrons. The number of allylic oxidation sites excluding steroid dienone is 1. The van der Waals surface area contributed by atoms with Gasteiger partial charge in [-0.3, -0.25) is 9.52 Å². The first kappa shape index (κ1) is 29.5. The van der Waals surface area contributed by atoms with Gasteiger partial charge in [0, 0.05) is 46.3 Å². The topological polar surface area (TPSA) is 78.9 Å². The number of halogens is 3. The van der Waals surface area contributed by atoms with E-state index in [4.69, 9.17) is 16.3 Å². The quantitative estimate of drug-likeness (QED) is 0.286. The summed E-state index contributed by atoms with van der Waals surface area (Å²) in [6.45, 7) is 2.96. The Kier molecular flexibility index (Phi) is 7.59. The maximum atomic E-state index is 15.2. The predicted molar refractivity (Wildman–Crippen MR) is 163 cm³/mol. The summed E-state index contributed by atoms with van der Waals surface area (Å²) in [7, 11) is -2.94. The fraction of sp³-hybridized carbons (Fsp3) is 0.500. The number of benzene rings is 2. The van der Waals surface area contributed by atoms with Gasteiger partial charge in [-0.15, -0.1) is 0 Å². The normalized spacial score (nSPS) is 35.1. The minimum absolute atomic E-state index is 0.0560. The number of nitrogens with one attached hydrogen (secondary N) is 1. The smallest absolute Gasteiger partial charge is 0.273 e. The number of carbonyl (C=O) groups excluding carboxylic acids is 1. The highest BCUT2D eigenvalue weighted by Gasteiger charge is 2.51. The molecule has 2 aromatic rings. The summed E-state index contributed by atoms with van der Waals surface area (Å²) in [6, 6.07) is 9.82. The second kappa shape index (κ2) is 10.8. The molecular weight excluding hydrogens is 582 g/mol. The third-order valence-electron chi connectivity index (χ3n) is 9.78. The van der Waals surface area contributed by atoms with E-state index >= 15 is 8.78 Å². The maximum absolute atomic E-state index is 15.2. The molecule has 0 radical (unpaired) electrons. The molecule has 1 amide bonds. The monoisotopic (exact) mass is 618 g/mol. The van der Waals surface area contributed by atoms with Crippen LogP contribution >= 0.6 is 11.6 Å². The van der Waals surface area contributed by atoms with Crippen LogP contribution in [-0.4, -0.2) is 52.1 Å². The van der Waals surface area contributed by atoms with Crippen molar-refractivity contribution in [3.8, 4) is 5.75 Å². The summed E-state index contributed by atoms with van der Waals surface area (Å²) in [5, 5.41) is 10.9. The molecule has 4 aliphatic rings. The van der Waals surface area contributed by atoms with Crippen molar-refractivity contribution in [3.05, 3.63) is 70.3 Å². The average Bonchev–Trinajstić information content (AvgIpc) is 3.08. The highest BCUT2D eigenvalue weighted by molar-refractivity contribution is 7.99. The molecule has 2 aliphatic heterocycles. The molecule has 1 saturated carbocycles. The molecule has 0 saturated heterocycles. The second-order valence-electron chi connectivity index (χ2n) is 12.5. The van der Waals surface area contributed by atoms with Gasteiger partial charge in [0.15, 0.2) is 0 Å². The Bertz CT molecular complexity index is 1530. The van der Waals surface area contributed by atoms with Crippen LogP contribution in [0.15, 0.2) is 48.6 Å². The van der Waals surface area contributed by atoms with Crippen molar-refractivity contribution in [2.45, 2.75) is 68.1 Å². The molecule has 42 heavy (non-hydrogen) atoms. The van der Waals surface area contributed by atoms with E-state index in [9.17, 15) is 14.1 Å². The molecule has 2 N–H and O–H groups in total. The fourth-order valence-corrected chi connectivity index (χ4v) is 8.26. The number of ether oxygens (including phenoxy) is 1. The van der Waals surface area contributed by atoms with Gasteiger partial charge >= 0.3 is 0 Å². The summed E-state index contributed by atoms with van der Waals surface area (Å²) in [5.74, 6) is 1.13. The van der Waals surface area contributed by atoms with Crippen LogP contribution in [0.1, 0.15) is 66.9 Å². The molecule has 0 aromatic heterocycles. The predicted octanol–water partition coefficient (Wildman–Crippen LogP) is 5.85. The zero-order valence-electron chi connectivity index (χ0n) is 23.7. The van der Waals surface area contributed by atoms with Crippen LogP contribution in [0.2, 0.25) is 5.02 Å². The van der Waals surface area contributed by atoms with E-state index < -0.39 is 33.1 Å². The molecule has 1 unspecified atom stereocenters. The van der Waals surface area contributed by atoms with Crippen LogP contribution < -0.4 is 14.4 Å². The molecule has 1 spiro atoms. The first-order valence-electron chi connectivity index (χ1n) is 14.6. The number of rotatable bonds is 0. The number of aliphatic hydroxyl groups excluding tert-OH is 1. The lowest BCUT2D eigenvalue weighted by molar-refractivity contribution is -0.0361. The minimum atomic E-state index is -3.00. The molecule has 2 heterocycles. The lowest BCUT2D eigenvalue weighted by atomic mass is 9.67. The summed E-state index contributed by atoms with van der Waals surface area (Å²) < 4.78 is 52.7. The van der Waals surface area contributed by atoms with Crippen molar-refractivity contribution >= 4 is 38.8 Å². The van der Waals surface area contributed by atoms with E-state index in [0.717, 1.165) is 12.8 Å². The fourth-order valence-electron chi connectivity index (χ4n) is 6.93. The average molecular weight is 619 g/mol. The second-order valence-corrected chi connectivity index (χ2v) is 15.4. The van der Waals surface area contributed by atoms with Crippen LogP contribution in [-0.2, 0) is 21.0 Å². The van der Waals surface area contributed by atoms with Gasteiger partial charge in [0.1, 0.15) is 5.75 Å². The van der Waals surface area contributed by atoms with E-state index in [-0.39, 0.29) is 47.1 Å². The number of anilines is 1. The number of nitrogens with zero attached hydrogens (tertiary/aromatic N) is 1. The standard InChI is InChI=1S/C32H37ClF2N2O4S/c1-20-5-3-4-6-28(38)24-10-7-22(24)17-37-18-31(13-14-32(34,35)26-16-23(33)9-11-25(26)31)19-41-29-12-8-21(15-27(29)37)30(39)36-42(20,2)40/h4,6,8-9,11-12,15-16,20,22,24,28,38H,2-3,5,7,10,13-14,17-19H2,1H3,(H,36,39,40)/b6-4+/t20-,22+,24-,28+,31+,42?/m1/s1. The lowest BCUT2D eigenvalue weighted by Crippen LogP contribution is -2.50. The summed E-state index contributed by atoms with van der Waals surface area (Å²) in [6.07, 6.45) is 5.99. The van der Waals surface area contributed by atoms with Crippen molar-refractivity contribution in [1.82, 2.24) is 4.72 Å². The van der Waals surface area contributed by atoms with Crippen molar-refractivity contribution < 1.29 is 27.6 Å². The lowest BCUT2D eigenvalue weighted by Gasteiger charge is -2.46. The summed E-state index contributed by atoms with van der Waals surface area (Å²) in [5.41, 5.74) is 0.727. The van der Waals surface area contributed by atoms with Crippen molar-refractivity contribution in [1.29, 1.82) is 0 Å². The van der Waals surface area contributed by atoms with Crippen LogP contribution in [0, 0.1) is 11.8 Å². The van der Waals surface area contributed by atoms with Gasteiger partial charge in [0.2, 0.25) is 0 Å². The number of hydrogen-bond donors (Lipinski definition) is 2. The Labute approximate surface area is 251 Å². The highest BCUT2D eigenvalue weighted by atomic mass is 35.5. The zero-order chi connectivity index (χ0) is 29.9. The van der Waals surface area contributed by atoms with Crippen LogP contribution in [0.3, 0.4) is 0 Å². The third-order valence-corrected chi connectivity index (χ3v) is 12.1. The van der Waals surface area contributed by atoms with Gasteiger partial charge in [-0.05, 0) is 92.6 Å². The molecule has 6 nitrogen and oxygen atoms in total. The molecular formula is C32H37ClF2N2O4S. The van der Waals surface area contributed by atoms with Gasteiger partial charge in [-0.25, -0.2) is 13.0 Å². The number of fused-ring (bicyclic) bond motifs is 4. The van der Waals surface area contributed by atoms with Gasteiger partial charge in [0.05, 0.1) is 28.1 Å². The first-order chi connectivity index (χ1) is 19.9. The molecule has 10 heteroatoms.